The highest BCUT2D eigenvalue weighted by molar-refractivity contribution is 14.1. The second kappa shape index (κ2) is 3.65. The summed E-state index contributed by atoms with van der Waals surface area (Å²) in [6.07, 6.45) is -4.71. The van der Waals surface area contributed by atoms with Gasteiger partial charge in [0.05, 0.1) is 0 Å². The van der Waals surface area contributed by atoms with Crippen molar-refractivity contribution in [2.45, 2.75) is 6.18 Å². The van der Waals surface area contributed by atoms with Crippen LogP contribution >= 0.6 is 22.6 Å². The van der Waals surface area contributed by atoms with Crippen LogP contribution in [0, 0.1) is 3.57 Å². The molecule has 0 saturated carbocycles. The highest BCUT2D eigenvalue weighted by atomic mass is 127. The summed E-state index contributed by atoms with van der Waals surface area (Å²) in [6.45, 7) is 0. The summed E-state index contributed by atoms with van der Waals surface area (Å²) in [5.74, 6) is 0. The normalized spacial score (nSPS) is 11.9. The van der Waals surface area contributed by atoms with E-state index in [-0.39, 0.29) is 0 Å². The van der Waals surface area contributed by atoms with Gasteiger partial charge in [-0.15, -0.1) is 0 Å². The van der Waals surface area contributed by atoms with Crippen LogP contribution < -0.4 is 11.2 Å². The first-order chi connectivity index (χ1) is 6.68. The third-order valence-corrected chi connectivity index (χ3v) is 2.85. The number of hydrogen-bond donors (Lipinski definition) is 0. The SMILES string of the molecule is Cn1c(C(F)(F)F)c(I)c(=O)n(C)c1=O. The molecule has 0 unspecified atom stereocenters. The van der Waals surface area contributed by atoms with Crippen LogP contribution in [-0.2, 0) is 20.3 Å². The van der Waals surface area contributed by atoms with Crippen molar-refractivity contribution in [2.75, 3.05) is 0 Å². The van der Waals surface area contributed by atoms with E-state index in [0.717, 1.165) is 14.1 Å². The minimum absolute atomic E-state index is 0.420. The van der Waals surface area contributed by atoms with Gasteiger partial charge < -0.3 is 0 Å². The Balaban J connectivity index is 3.85. The van der Waals surface area contributed by atoms with Gasteiger partial charge in [-0.2, -0.15) is 13.2 Å². The predicted molar refractivity (Wildman–Crippen MR) is 54.6 cm³/mol. The van der Waals surface area contributed by atoms with Gasteiger partial charge in [0, 0.05) is 14.1 Å². The molecule has 0 aliphatic carbocycles. The molecule has 0 aromatic carbocycles. The minimum atomic E-state index is -4.71. The van der Waals surface area contributed by atoms with Crippen molar-refractivity contribution < 1.29 is 13.2 Å². The standard InChI is InChI=1S/C7H6F3IN2O2/c1-12-4(7(8,9)10)3(11)5(14)13(2)6(12)15/h1-2H3. The van der Waals surface area contributed by atoms with Crippen molar-refractivity contribution >= 4 is 22.6 Å². The van der Waals surface area contributed by atoms with Crippen LogP contribution in [0.2, 0.25) is 0 Å². The fourth-order valence-corrected chi connectivity index (χ4v) is 2.15. The van der Waals surface area contributed by atoms with E-state index in [1.807, 2.05) is 0 Å². The summed E-state index contributed by atoms with van der Waals surface area (Å²) in [6, 6.07) is 0. The molecule has 15 heavy (non-hydrogen) atoms. The van der Waals surface area contributed by atoms with E-state index in [0.29, 0.717) is 9.13 Å². The molecule has 0 amide bonds. The van der Waals surface area contributed by atoms with Crippen LogP contribution in [0.5, 0.6) is 0 Å². The number of nitrogens with zero attached hydrogens (tertiary/aromatic N) is 2. The Morgan fingerprint density at radius 3 is 2.00 bits per heavy atom. The summed E-state index contributed by atoms with van der Waals surface area (Å²) in [4.78, 5) is 22.5. The zero-order valence-electron chi connectivity index (χ0n) is 7.72. The van der Waals surface area contributed by atoms with E-state index < -0.39 is 26.7 Å². The van der Waals surface area contributed by atoms with E-state index in [1.165, 1.54) is 22.6 Å². The summed E-state index contributed by atoms with van der Waals surface area (Å²) in [7, 11) is 2.11. The summed E-state index contributed by atoms with van der Waals surface area (Å²) >= 11 is 1.29. The molecule has 0 saturated heterocycles. The number of rotatable bonds is 0. The van der Waals surface area contributed by atoms with Gasteiger partial charge in [-0.3, -0.25) is 13.9 Å². The van der Waals surface area contributed by atoms with Gasteiger partial charge >= 0.3 is 11.9 Å². The molecule has 0 fully saturated rings. The molecular formula is C7H6F3IN2O2. The van der Waals surface area contributed by atoms with Gasteiger partial charge in [0.1, 0.15) is 9.26 Å². The maximum atomic E-state index is 12.5. The molecular weight excluding hydrogens is 328 g/mol. The van der Waals surface area contributed by atoms with Crippen LogP contribution in [0.25, 0.3) is 0 Å². The molecule has 0 spiro atoms. The van der Waals surface area contributed by atoms with Crippen molar-refractivity contribution in [1.29, 1.82) is 0 Å². The van der Waals surface area contributed by atoms with Crippen molar-refractivity contribution in [3.8, 4) is 0 Å². The molecule has 0 N–H and O–H groups in total. The van der Waals surface area contributed by atoms with Crippen LogP contribution in [0.1, 0.15) is 5.69 Å². The first-order valence-corrected chi connectivity index (χ1v) is 4.78. The third kappa shape index (κ3) is 1.94. The highest BCUT2D eigenvalue weighted by Gasteiger charge is 2.37. The zero-order chi connectivity index (χ0) is 12.0. The van der Waals surface area contributed by atoms with Gasteiger partial charge in [0.2, 0.25) is 0 Å². The Bertz CT molecular complexity index is 477. The molecule has 0 aliphatic rings. The lowest BCUT2D eigenvalue weighted by molar-refractivity contribution is -0.144. The van der Waals surface area contributed by atoms with Crippen LogP contribution in [0.4, 0.5) is 13.2 Å². The summed E-state index contributed by atoms with van der Waals surface area (Å²) < 4.78 is 38.0. The lowest BCUT2D eigenvalue weighted by Gasteiger charge is -2.14. The van der Waals surface area contributed by atoms with Crippen molar-refractivity contribution in [3.05, 3.63) is 30.1 Å². The number of hydrogen-bond acceptors (Lipinski definition) is 2. The topological polar surface area (TPSA) is 44.0 Å². The maximum Gasteiger partial charge on any atom is 0.432 e. The number of alkyl halides is 3. The van der Waals surface area contributed by atoms with Gasteiger partial charge in [-0.25, -0.2) is 4.79 Å². The monoisotopic (exact) mass is 334 g/mol. The molecule has 1 rings (SSSR count). The van der Waals surface area contributed by atoms with Crippen LogP contribution in [-0.4, -0.2) is 9.13 Å². The molecule has 1 heterocycles. The van der Waals surface area contributed by atoms with Crippen molar-refractivity contribution in [3.63, 3.8) is 0 Å². The zero-order valence-corrected chi connectivity index (χ0v) is 9.88. The average Bonchev–Trinajstić information content (AvgIpc) is 2.09. The Kier molecular flexibility index (Phi) is 2.99. The molecule has 0 aliphatic heterocycles. The third-order valence-electron chi connectivity index (χ3n) is 1.88. The predicted octanol–water partition coefficient (Wildman–Crippen LogP) is 0.707. The van der Waals surface area contributed by atoms with E-state index in [1.54, 1.807) is 0 Å². The number of halogens is 4. The van der Waals surface area contributed by atoms with E-state index >= 15 is 0 Å². The molecule has 0 bridgehead atoms. The molecule has 0 atom stereocenters. The summed E-state index contributed by atoms with van der Waals surface area (Å²) in [5.41, 5.74) is -3.14. The van der Waals surface area contributed by atoms with Crippen LogP contribution in [0.3, 0.4) is 0 Å². The molecule has 84 valence electrons. The largest absolute Gasteiger partial charge is 0.432 e. The van der Waals surface area contributed by atoms with Gasteiger partial charge in [-0.05, 0) is 22.6 Å². The fourth-order valence-electron chi connectivity index (χ4n) is 1.12. The fraction of sp³-hybridized carbons (Fsp3) is 0.429. The molecule has 4 nitrogen and oxygen atoms in total. The first kappa shape index (κ1) is 12.3. The molecule has 1 aromatic rings. The first-order valence-electron chi connectivity index (χ1n) is 3.70. The minimum Gasteiger partial charge on any atom is -0.291 e. The second-order valence-electron chi connectivity index (χ2n) is 2.87. The van der Waals surface area contributed by atoms with E-state index in [9.17, 15) is 22.8 Å². The summed E-state index contributed by atoms with van der Waals surface area (Å²) in [5, 5.41) is 0. The second-order valence-corrected chi connectivity index (χ2v) is 3.94. The van der Waals surface area contributed by atoms with Gasteiger partial charge in [0.25, 0.3) is 5.56 Å². The van der Waals surface area contributed by atoms with Crippen molar-refractivity contribution in [1.82, 2.24) is 9.13 Å². The number of aromatic nitrogens is 2. The average molecular weight is 334 g/mol. The van der Waals surface area contributed by atoms with E-state index in [2.05, 4.69) is 0 Å². The molecule has 0 radical (unpaired) electrons. The Morgan fingerprint density at radius 1 is 1.13 bits per heavy atom. The van der Waals surface area contributed by atoms with Gasteiger partial charge in [0.15, 0.2) is 0 Å². The van der Waals surface area contributed by atoms with Gasteiger partial charge in [-0.1, -0.05) is 0 Å². The highest BCUT2D eigenvalue weighted by Crippen LogP contribution is 2.29. The van der Waals surface area contributed by atoms with Crippen LogP contribution in [0.15, 0.2) is 9.59 Å². The van der Waals surface area contributed by atoms with Crippen molar-refractivity contribution in [2.24, 2.45) is 14.1 Å². The molecule has 1 aromatic heterocycles. The Hall–Kier alpha value is -0.800. The maximum absolute atomic E-state index is 12.5. The van der Waals surface area contributed by atoms with E-state index in [4.69, 9.17) is 0 Å². The Morgan fingerprint density at radius 2 is 1.60 bits per heavy atom. The smallest absolute Gasteiger partial charge is 0.291 e. The lowest BCUT2D eigenvalue weighted by Crippen LogP contribution is -2.42. The molecule has 8 heteroatoms. The lowest BCUT2D eigenvalue weighted by atomic mass is 10.4. The Labute approximate surface area is 95.5 Å². The quantitative estimate of drug-likeness (QED) is 0.656.